The third-order valence-electron chi connectivity index (χ3n) is 3.99. The molecule has 1 saturated heterocycles. The van der Waals surface area contributed by atoms with E-state index in [0.717, 1.165) is 18.8 Å². The fourth-order valence-corrected chi connectivity index (χ4v) is 3.56. The highest BCUT2D eigenvalue weighted by atomic mass is 79.9. The van der Waals surface area contributed by atoms with E-state index in [2.05, 4.69) is 53.3 Å². The molecule has 100 valence electrons. The van der Waals surface area contributed by atoms with Gasteiger partial charge in [-0.3, -0.25) is 0 Å². The maximum absolute atomic E-state index is 5.27. The van der Waals surface area contributed by atoms with E-state index in [1.807, 2.05) is 0 Å². The largest absolute Gasteiger partial charge is 0.497 e. The third-order valence-corrected chi connectivity index (χ3v) is 4.68. The fourth-order valence-electron chi connectivity index (χ4n) is 2.90. The zero-order chi connectivity index (χ0) is 13.1. The second-order valence-electron chi connectivity index (χ2n) is 5.39. The maximum Gasteiger partial charge on any atom is 0.120 e. The van der Waals surface area contributed by atoms with Crippen LogP contribution in [0, 0.1) is 11.8 Å². The lowest BCUT2D eigenvalue weighted by Crippen LogP contribution is -2.38. The molecule has 0 saturated carbocycles. The van der Waals surface area contributed by atoms with Crippen molar-refractivity contribution < 1.29 is 4.74 Å². The quantitative estimate of drug-likeness (QED) is 0.916. The molecular weight excluding hydrogens is 290 g/mol. The SMILES string of the molecule is COc1ccc(C2CCNCC2C(C)C)c(Br)c1. The molecule has 3 heteroatoms. The molecule has 1 aliphatic rings. The molecule has 1 fully saturated rings. The van der Waals surface area contributed by atoms with Gasteiger partial charge < -0.3 is 10.1 Å². The first kappa shape index (κ1) is 13.9. The standard InChI is InChI=1S/C15H22BrNO/c1-10(2)14-9-17-7-6-12(14)13-5-4-11(18-3)8-15(13)16/h4-5,8,10,12,14,17H,6-7,9H2,1-3H3. The molecule has 0 spiro atoms. The van der Waals surface area contributed by atoms with Crippen LogP contribution >= 0.6 is 15.9 Å². The van der Waals surface area contributed by atoms with Crippen molar-refractivity contribution in [1.29, 1.82) is 0 Å². The summed E-state index contributed by atoms with van der Waals surface area (Å²) in [6.07, 6.45) is 1.22. The Morgan fingerprint density at radius 2 is 2.17 bits per heavy atom. The van der Waals surface area contributed by atoms with Gasteiger partial charge in [-0.25, -0.2) is 0 Å². The number of hydrogen-bond acceptors (Lipinski definition) is 2. The lowest BCUT2D eigenvalue weighted by Gasteiger charge is -2.35. The summed E-state index contributed by atoms with van der Waals surface area (Å²) in [5.41, 5.74) is 1.43. The fraction of sp³-hybridized carbons (Fsp3) is 0.600. The molecule has 0 bridgehead atoms. The lowest BCUT2D eigenvalue weighted by atomic mass is 9.75. The summed E-state index contributed by atoms with van der Waals surface area (Å²) < 4.78 is 6.45. The number of methoxy groups -OCH3 is 1. The van der Waals surface area contributed by atoms with Gasteiger partial charge in [-0.05, 0) is 55.0 Å². The Morgan fingerprint density at radius 1 is 1.39 bits per heavy atom. The van der Waals surface area contributed by atoms with Crippen LogP contribution in [0.15, 0.2) is 22.7 Å². The van der Waals surface area contributed by atoms with E-state index < -0.39 is 0 Å². The van der Waals surface area contributed by atoms with Crippen molar-refractivity contribution in [3.63, 3.8) is 0 Å². The number of ether oxygens (including phenoxy) is 1. The van der Waals surface area contributed by atoms with Crippen LogP contribution in [0.1, 0.15) is 31.7 Å². The van der Waals surface area contributed by atoms with Crippen molar-refractivity contribution in [1.82, 2.24) is 5.32 Å². The van der Waals surface area contributed by atoms with Crippen molar-refractivity contribution in [2.45, 2.75) is 26.2 Å². The van der Waals surface area contributed by atoms with Crippen molar-refractivity contribution in [3.05, 3.63) is 28.2 Å². The number of nitrogens with one attached hydrogen (secondary N) is 1. The average Bonchev–Trinajstić information content (AvgIpc) is 2.38. The van der Waals surface area contributed by atoms with Gasteiger partial charge in [-0.1, -0.05) is 35.8 Å². The Labute approximate surface area is 118 Å². The molecule has 2 rings (SSSR count). The van der Waals surface area contributed by atoms with E-state index in [0.29, 0.717) is 17.8 Å². The molecule has 2 nitrogen and oxygen atoms in total. The second kappa shape index (κ2) is 6.07. The number of benzene rings is 1. The molecule has 1 aliphatic heterocycles. The first-order chi connectivity index (χ1) is 8.63. The Bertz CT molecular complexity index is 405. The summed E-state index contributed by atoms with van der Waals surface area (Å²) in [5.74, 6) is 2.98. The van der Waals surface area contributed by atoms with Gasteiger partial charge in [0.15, 0.2) is 0 Å². The molecule has 0 aromatic heterocycles. The van der Waals surface area contributed by atoms with Crippen molar-refractivity contribution in [2.75, 3.05) is 20.2 Å². The molecule has 1 N–H and O–H groups in total. The number of piperidine rings is 1. The van der Waals surface area contributed by atoms with Gasteiger partial charge in [0.25, 0.3) is 0 Å². The van der Waals surface area contributed by atoms with Crippen LogP contribution in [-0.2, 0) is 0 Å². The summed E-state index contributed by atoms with van der Waals surface area (Å²) in [6, 6.07) is 6.36. The molecule has 0 aliphatic carbocycles. The van der Waals surface area contributed by atoms with Gasteiger partial charge in [-0.2, -0.15) is 0 Å². The van der Waals surface area contributed by atoms with E-state index in [1.54, 1.807) is 7.11 Å². The molecular formula is C15H22BrNO. The van der Waals surface area contributed by atoms with Gasteiger partial charge >= 0.3 is 0 Å². The molecule has 2 unspecified atom stereocenters. The summed E-state index contributed by atoms with van der Waals surface area (Å²) in [5, 5.41) is 3.52. The molecule has 1 heterocycles. The van der Waals surface area contributed by atoms with E-state index >= 15 is 0 Å². The Balaban J connectivity index is 2.28. The minimum atomic E-state index is 0.645. The first-order valence-electron chi connectivity index (χ1n) is 6.67. The third kappa shape index (κ3) is 2.89. The van der Waals surface area contributed by atoms with E-state index in [9.17, 15) is 0 Å². The molecule has 18 heavy (non-hydrogen) atoms. The molecule has 1 aromatic rings. The monoisotopic (exact) mass is 311 g/mol. The van der Waals surface area contributed by atoms with Gasteiger partial charge in [0.05, 0.1) is 7.11 Å². The number of rotatable bonds is 3. The highest BCUT2D eigenvalue weighted by Crippen LogP contribution is 2.39. The average molecular weight is 312 g/mol. The van der Waals surface area contributed by atoms with Crippen molar-refractivity contribution >= 4 is 15.9 Å². The minimum Gasteiger partial charge on any atom is -0.497 e. The Kier molecular flexibility index (Phi) is 4.68. The normalized spacial score (nSPS) is 24.3. The zero-order valence-electron chi connectivity index (χ0n) is 11.4. The van der Waals surface area contributed by atoms with Crippen LogP contribution in [0.4, 0.5) is 0 Å². The van der Waals surface area contributed by atoms with Gasteiger partial charge in [-0.15, -0.1) is 0 Å². The summed E-state index contributed by atoms with van der Waals surface area (Å²) in [7, 11) is 1.71. The van der Waals surface area contributed by atoms with E-state index in [1.165, 1.54) is 16.5 Å². The van der Waals surface area contributed by atoms with Crippen LogP contribution < -0.4 is 10.1 Å². The summed E-state index contributed by atoms with van der Waals surface area (Å²) in [6.45, 7) is 6.89. The van der Waals surface area contributed by atoms with Gasteiger partial charge in [0, 0.05) is 4.47 Å². The second-order valence-corrected chi connectivity index (χ2v) is 6.25. The van der Waals surface area contributed by atoms with Gasteiger partial charge in [0.1, 0.15) is 5.75 Å². The number of halogens is 1. The molecule has 2 atom stereocenters. The lowest BCUT2D eigenvalue weighted by molar-refractivity contribution is 0.254. The van der Waals surface area contributed by atoms with Crippen molar-refractivity contribution in [3.8, 4) is 5.75 Å². The van der Waals surface area contributed by atoms with Crippen LogP contribution in [0.25, 0.3) is 0 Å². The van der Waals surface area contributed by atoms with Crippen LogP contribution in [-0.4, -0.2) is 20.2 Å². The number of hydrogen-bond donors (Lipinski definition) is 1. The predicted molar refractivity (Wildman–Crippen MR) is 79.2 cm³/mol. The Morgan fingerprint density at radius 3 is 2.78 bits per heavy atom. The van der Waals surface area contributed by atoms with E-state index in [4.69, 9.17) is 4.74 Å². The van der Waals surface area contributed by atoms with E-state index in [-0.39, 0.29) is 0 Å². The van der Waals surface area contributed by atoms with Crippen LogP contribution in [0.5, 0.6) is 5.75 Å². The predicted octanol–water partition coefficient (Wildman–Crippen LogP) is 3.81. The summed E-state index contributed by atoms with van der Waals surface area (Å²) >= 11 is 3.70. The highest BCUT2D eigenvalue weighted by molar-refractivity contribution is 9.10. The smallest absolute Gasteiger partial charge is 0.120 e. The van der Waals surface area contributed by atoms with Crippen LogP contribution in [0.2, 0.25) is 0 Å². The molecule has 0 amide bonds. The maximum atomic E-state index is 5.27. The first-order valence-corrected chi connectivity index (χ1v) is 7.47. The summed E-state index contributed by atoms with van der Waals surface area (Å²) in [4.78, 5) is 0. The van der Waals surface area contributed by atoms with Crippen molar-refractivity contribution in [2.24, 2.45) is 11.8 Å². The van der Waals surface area contributed by atoms with Crippen LogP contribution in [0.3, 0.4) is 0 Å². The topological polar surface area (TPSA) is 21.3 Å². The van der Waals surface area contributed by atoms with Gasteiger partial charge in [0.2, 0.25) is 0 Å². The Hall–Kier alpha value is -0.540. The minimum absolute atomic E-state index is 0.645. The zero-order valence-corrected chi connectivity index (χ0v) is 13.0. The molecule has 1 aromatic carbocycles. The highest BCUT2D eigenvalue weighted by Gasteiger charge is 2.29. The molecule has 0 radical (unpaired) electrons.